The van der Waals surface area contributed by atoms with Crippen molar-refractivity contribution in [2.75, 3.05) is 39.4 Å². The van der Waals surface area contributed by atoms with E-state index >= 15 is 0 Å². The van der Waals surface area contributed by atoms with Gasteiger partial charge in [-0.05, 0) is 66.9 Å². The maximum absolute atomic E-state index is 12.9. The number of aromatic nitrogens is 1. The Labute approximate surface area is 179 Å². The predicted molar refractivity (Wildman–Crippen MR) is 116 cm³/mol. The van der Waals surface area contributed by atoms with Gasteiger partial charge >= 0.3 is 0 Å². The molecule has 2 saturated heterocycles. The van der Waals surface area contributed by atoms with Gasteiger partial charge in [0.25, 0.3) is 0 Å². The Kier molecular flexibility index (Phi) is 5.57. The van der Waals surface area contributed by atoms with Crippen LogP contribution in [0, 0.1) is 0 Å². The minimum absolute atomic E-state index is 0.229. The molecule has 1 aromatic carbocycles. The van der Waals surface area contributed by atoms with Gasteiger partial charge < -0.3 is 9.64 Å². The van der Waals surface area contributed by atoms with Gasteiger partial charge in [-0.15, -0.1) is 0 Å². The molecule has 2 aromatic rings. The third-order valence-corrected chi connectivity index (χ3v) is 7.32. The summed E-state index contributed by atoms with van der Waals surface area (Å²) in [6.45, 7) is 5.93. The van der Waals surface area contributed by atoms with Crippen LogP contribution in [0.5, 0.6) is 0 Å². The molecule has 5 heteroatoms. The maximum Gasteiger partial charge on any atom is 0.223 e. The summed E-state index contributed by atoms with van der Waals surface area (Å²) in [5, 5.41) is 0. The van der Waals surface area contributed by atoms with Gasteiger partial charge in [-0.3, -0.25) is 14.7 Å². The van der Waals surface area contributed by atoms with E-state index in [9.17, 15) is 4.79 Å². The molecule has 1 spiro atoms. The number of rotatable bonds is 4. The summed E-state index contributed by atoms with van der Waals surface area (Å²) >= 11 is 0. The van der Waals surface area contributed by atoms with Crippen LogP contribution in [0.3, 0.4) is 0 Å². The largest absolute Gasteiger partial charge is 0.378 e. The van der Waals surface area contributed by atoms with E-state index in [1.54, 1.807) is 0 Å². The lowest BCUT2D eigenvalue weighted by atomic mass is 9.73. The van der Waals surface area contributed by atoms with Crippen molar-refractivity contribution in [3.63, 3.8) is 0 Å². The molecule has 0 saturated carbocycles. The van der Waals surface area contributed by atoms with Gasteiger partial charge in [0.05, 0.1) is 18.9 Å². The van der Waals surface area contributed by atoms with Crippen molar-refractivity contribution >= 4 is 5.91 Å². The molecule has 1 aliphatic carbocycles. The molecule has 1 amide bonds. The van der Waals surface area contributed by atoms with Gasteiger partial charge in [0, 0.05) is 32.3 Å². The Morgan fingerprint density at radius 3 is 2.57 bits per heavy atom. The van der Waals surface area contributed by atoms with Crippen molar-refractivity contribution in [3.8, 4) is 0 Å². The zero-order chi connectivity index (χ0) is 20.4. The van der Waals surface area contributed by atoms with E-state index < -0.39 is 0 Å². The van der Waals surface area contributed by atoms with E-state index in [1.165, 1.54) is 24.0 Å². The maximum atomic E-state index is 12.9. The molecule has 2 aliphatic heterocycles. The quantitative estimate of drug-likeness (QED) is 0.783. The van der Waals surface area contributed by atoms with E-state index in [2.05, 4.69) is 46.3 Å². The van der Waals surface area contributed by atoms with Crippen LogP contribution in [-0.4, -0.2) is 60.1 Å². The molecule has 1 aromatic heterocycles. The molecule has 3 aliphatic rings. The number of pyridine rings is 1. The highest BCUT2D eigenvalue weighted by Crippen LogP contribution is 2.52. The number of nitrogens with zero attached hydrogens (tertiary/aromatic N) is 3. The molecule has 0 bridgehead atoms. The van der Waals surface area contributed by atoms with Gasteiger partial charge in [-0.1, -0.05) is 30.3 Å². The van der Waals surface area contributed by atoms with Crippen molar-refractivity contribution in [2.45, 2.75) is 43.6 Å². The van der Waals surface area contributed by atoms with Crippen molar-refractivity contribution in [1.82, 2.24) is 14.8 Å². The summed E-state index contributed by atoms with van der Waals surface area (Å²) in [5.41, 5.74) is 4.29. The summed E-state index contributed by atoms with van der Waals surface area (Å²) < 4.78 is 5.42. The second-order valence-corrected chi connectivity index (χ2v) is 9.06. The third kappa shape index (κ3) is 3.88. The summed E-state index contributed by atoms with van der Waals surface area (Å²) in [6.07, 6.45) is 5.96. The molecule has 2 fully saturated rings. The number of likely N-dealkylation sites (tertiary alicyclic amines) is 1. The summed E-state index contributed by atoms with van der Waals surface area (Å²) in [7, 11) is 0. The van der Waals surface area contributed by atoms with Crippen LogP contribution in [0.15, 0.2) is 48.7 Å². The first kappa shape index (κ1) is 19.7. The Morgan fingerprint density at radius 1 is 1.03 bits per heavy atom. The molecule has 0 unspecified atom stereocenters. The fourth-order valence-electron chi connectivity index (χ4n) is 5.70. The Morgan fingerprint density at radius 2 is 1.80 bits per heavy atom. The van der Waals surface area contributed by atoms with Crippen LogP contribution in [0.4, 0.5) is 0 Å². The number of hydrogen-bond donors (Lipinski definition) is 0. The zero-order valence-electron chi connectivity index (χ0n) is 17.6. The van der Waals surface area contributed by atoms with Gasteiger partial charge in [-0.2, -0.15) is 0 Å². The van der Waals surface area contributed by atoms with Gasteiger partial charge in [0.2, 0.25) is 5.91 Å². The smallest absolute Gasteiger partial charge is 0.223 e. The van der Waals surface area contributed by atoms with Crippen LogP contribution in [0.1, 0.15) is 48.4 Å². The first-order valence-electron chi connectivity index (χ1n) is 11.3. The number of amides is 1. The van der Waals surface area contributed by atoms with Crippen LogP contribution in [0.25, 0.3) is 0 Å². The highest BCUT2D eigenvalue weighted by molar-refractivity contribution is 5.77. The Hall–Kier alpha value is -2.24. The Bertz CT molecular complexity index is 871. The van der Waals surface area contributed by atoms with Gasteiger partial charge in [0.1, 0.15) is 0 Å². The molecule has 158 valence electrons. The van der Waals surface area contributed by atoms with E-state index in [-0.39, 0.29) is 5.41 Å². The van der Waals surface area contributed by atoms with E-state index in [0.717, 1.165) is 44.8 Å². The van der Waals surface area contributed by atoms with E-state index in [0.29, 0.717) is 31.5 Å². The average Bonchev–Trinajstić information content (AvgIpc) is 3.10. The summed E-state index contributed by atoms with van der Waals surface area (Å²) in [5.74, 6) is 0.640. The lowest BCUT2D eigenvalue weighted by Crippen LogP contribution is -2.42. The minimum Gasteiger partial charge on any atom is -0.378 e. The number of hydrogen-bond acceptors (Lipinski definition) is 4. The molecule has 0 radical (unpaired) electrons. The molecule has 30 heavy (non-hydrogen) atoms. The van der Waals surface area contributed by atoms with Crippen molar-refractivity contribution in [2.24, 2.45) is 0 Å². The zero-order valence-corrected chi connectivity index (χ0v) is 17.6. The minimum atomic E-state index is 0.229. The molecule has 3 heterocycles. The lowest BCUT2D eigenvalue weighted by molar-refractivity contribution is -0.135. The van der Waals surface area contributed by atoms with Crippen LogP contribution in [-0.2, 0) is 21.5 Å². The highest BCUT2D eigenvalue weighted by atomic mass is 16.5. The summed E-state index contributed by atoms with van der Waals surface area (Å²) in [6, 6.07) is 15.1. The van der Waals surface area contributed by atoms with Crippen molar-refractivity contribution < 1.29 is 9.53 Å². The molecule has 0 N–H and O–H groups in total. The normalized spacial score (nSPS) is 23.5. The fraction of sp³-hybridized carbons (Fsp3) is 0.520. The number of carbonyl (C=O) groups excluding carboxylic acids is 1. The highest BCUT2D eigenvalue weighted by Gasteiger charge is 2.45. The third-order valence-electron chi connectivity index (χ3n) is 7.32. The number of morpholine rings is 1. The first-order chi connectivity index (χ1) is 14.7. The van der Waals surface area contributed by atoms with Crippen LogP contribution >= 0.6 is 0 Å². The molecule has 1 atom stereocenters. The number of fused-ring (bicyclic) bond motifs is 2. The molecule has 5 nitrogen and oxygen atoms in total. The molecular formula is C25H31N3O2. The van der Waals surface area contributed by atoms with E-state index in [4.69, 9.17) is 4.74 Å². The van der Waals surface area contributed by atoms with Crippen LogP contribution < -0.4 is 0 Å². The van der Waals surface area contributed by atoms with Gasteiger partial charge in [-0.25, -0.2) is 0 Å². The number of ether oxygens (including phenoxy) is 1. The molecule has 5 rings (SSSR count). The Balaban J connectivity index is 1.28. The number of carbonyl (C=O) groups is 1. The van der Waals surface area contributed by atoms with Crippen molar-refractivity contribution in [3.05, 3.63) is 65.5 Å². The second kappa shape index (κ2) is 8.48. The predicted octanol–water partition coefficient (Wildman–Crippen LogP) is 3.35. The molecular weight excluding hydrogens is 374 g/mol. The monoisotopic (exact) mass is 405 g/mol. The van der Waals surface area contributed by atoms with Crippen molar-refractivity contribution in [1.29, 1.82) is 0 Å². The number of benzene rings is 1. The van der Waals surface area contributed by atoms with Crippen LogP contribution in [0.2, 0.25) is 0 Å². The fourth-order valence-corrected chi connectivity index (χ4v) is 5.70. The topological polar surface area (TPSA) is 45.7 Å². The lowest BCUT2D eigenvalue weighted by Gasteiger charge is -2.40. The SMILES string of the molecule is O=C(C[C@H]1CC2(CCN(Cc3ccccn3)CC2)c2ccccc21)N1CCOCC1. The standard InChI is InChI=1S/C25H31N3O2/c29-24(28-13-15-30-16-14-28)17-20-18-25(23-7-2-1-6-22(20)23)8-11-27(12-9-25)19-21-5-3-4-10-26-21/h1-7,10,20H,8-9,11-19H2/t20-/m0/s1. The number of piperidine rings is 1. The second-order valence-electron chi connectivity index (χ2n) is 9.06. The summed E-state index contributed by atoms with van der Waals surface area (Å²) in [4.78, 5) is 22.0. The van der Waals surface area contributed by atoms with E-state index in [1.807, 2.05) is 17.2 Å². The van der Waals surface area contributed by atoms with Gasteiger partial charge in [0.15, 0.2) is 0 Å². The average molecular weight is 406 g/mol. The first-order valence-corrected chi connectivity index (χ1v) is 11.3.